The minimum atomic E-state index is -0.191. The van der Waals surface area contributed by atoms with Gasteiger partial charge in [-0.1, -0.05) is 0 Å². The second-order valence-electron chi connectivity index (χ2n) is 4.60. The number of hydrogen-bond donors (Lipinski definition) is 0. The van der Waals surface area contributed by atoms with Crippen LogP contribution in [-0.4, -0.2) is 21.7 Å². The fourth-order valence-electron chi connectivity index (χ4n) is 1.89. The minimum Gasteiger partial charge on any atom is -0.467 e. The zero-order chi connectivity index (χ0) is 15.6. The van der Waals surface area contributed by atoms with Crippen LogP contribution in [0.1, 0.15) is 12.7 Å². The molecule has 3 heterocycles. The van der Waals surface area contributed by atoms with Gasteiger partial charge in [-0.25, -0.2) is 0 Å². The molecule has 0 unspecified atom stereocenters. The average Bonchev–Trinajstić information content (AvgIpc) is 3.23. The third-order valence-corrected chi connectivity index (χ3v) is 2.87. The van der Waals surface area contributed by atoms with Gasteiger partial charge in [-0.05, 0) is 43.3 Å². The predicted molar refractivity (Wildman–Crippen MR) is 83.3 cm³/mol. The van der Waals surface area contributed by atoms with Crippen LogP contribution in [0.3, 0.4) is 0 Å². The molecule has 0 aliphatic heterocycles. The van der Waals surface area contributed by atoms with E-state index < -0.39 is 0 Å². The zero-order valence-electron chi connectivity index (χ0n) is 12.6. The van der Waals surface area contributed by atoms with E-state index in [9.17, 15) is 4.79 Å². The van der Waals surface area contributed by atoms with E-state index >= 15 is 0 Å². The third kappa shape index (κ3) is 5.36. The maximum absolute atomic E-state index is 10.9. The molecular weight excluding hydrogens is 280 g/mol. The van der Waals surface area contributed by atoms with Crippen LogP contribution in [0.4, 0.5) is 0 Å². The number of rotatable bonds is 5. The first-order valence-electron chi connectivity index (χ1n) is 7.17. The van der Waals surface area contributed by atoms with Crippen molar-refractivity contribution in [2.45, 2.75) is 20.0 Å². The fraction of sp³-hybridized carbons (Fsp3) is 0.235. The number of carbonyl (C=O) groups is 1. The first-order chi connectivity index (χ1) is 10.8. The summed E-state index contributed by atoms with van der Waals surface area (Å²) in [5, 5.41) is 0. The molecule has 3 rings (SSSR count). The molecule has 0 fully saturated rings. The van der Waals surface area contributed by atoms with Gasteiger partial charge in [-0.2, -0.15) is 0 Å². The largest absolute Gasteiger partial charge is 0.467 e. The SMILES string of the molecule is CCOC(=O)Cn1cccc1.c1coc(Cn2cccc2)c1. The summed E-state index contributed by atoms with van der Waals surface area (Å²) in [5.41, 5.74) is 0. The average molecular weight is 300 g/mol. The Kier molecular flexibility index (Phi) is 6.11. The van der Waals surface area contributed by atoms with Crippen LogP contribution in [0, 0.1) is 0 Å². The molecule has 0 radical (unpaired) electrons. The summed E-state index contributed by atoms with van der Waals surface area (Å²) in [4.78, 5) is 10.9. The molecule has 22 heavy (non-hydrogen) atoms. The van der Waals surface area contributed by atoms with E-state index in [-0.39, 0.29) is 5.97 Å². The molecule has 3 aromatic rings. The molecule has 0 bridgehead atoms. The second-order valence-corrected chi connectivity index (χ2v) is 4.60. The molecule has 0 aliphatic carbocycles. The van der Waals surface area contributed by atoms with E-state index in [4.69, 9.17) is 9.15 Å². The van der Waals surface area contributed by atoms with Crippen molar-refractivity contribution in [1.29, 1.82) is 0 Å². The van der Waals surface area contributed by atoms with Gasteiger partial charge in [0.25, 0.3) is 0 Å². The zero-order valence-corrected chi connectivity index (χ0v) is 12.6. The highest BCUT2D eigenvalue weighted by Crippen LogP contribution is 2.02. The van der Waals surface area contributed by atoms with E-state index in [1.165, 1.54) is 0 Å². The van der Waals surface area contributed by atoms with E-state index in [1.807, 2.05) is 61.2 Å². The summed E-state index contributed by atoms with van der Waals surface area (Å²) in [7, 11) is 0. The molecule has 0 N–H and O–H groups in total. The lowest BCUT2D eigenvalue weighted by Crippen LogP contribution is -2.11. The van der Waals surface area contributed by atoms with E-state index in [2.05, 4.69) is 4.57 Å². The number of nitrogens with zero attached hydrogens (tertiary/aromatic N) is 2. The fourth-order valence-corrected chi connectivity index (χ4v) is 1.89. The number of furan rings is 1. The minimum absolute atomic E-state index is 0.191. The van der Waals surface area contributed by atoms with Crippen LogP contribution in [0.15, 0.2) is 71.9 Å². The molecule has 0 atom stereocenters. The molecule has 0 aromatic carbocycles. The standard InChI is InChI=1S/C9H9NO.C8H11NO2/c1-2-6-10(5-1)8-9-4-3-7-11-9;1-2-11-8(10)7-9-5-3-4-6-9/h1-7H,8H2;3-6H,2,7H2,1H3. The second kappa shape index (κ2) is 8.56. The molecule has 5 nitrogen and oxygen atoms in total. The first-order valence-corrected chi connectivity index (χ1v) is 7.17. The summed E-state index contributed by atoms with van der Waals surface area (Å²) in [6.07, 6.45) is 9.39. The smallest absolute Gasteiger partial charge is 0.325 e. The molecule has 0 spiro atoms. The topological polar surface area (TPSA) is 49.3 Å². The highest BCUT2D eigenvalue weighted by atomic mass is 16.5. The van der Waals surface area contributed by atoms with Gasteiger partial charge in [0.05, 0.1) is 19.4 Å². The Morgan fingerprint density at radius 1 is 1.05 bits per heavy atom. The summed E-state index contributed by atoms with van der Waals surface area (Å²) < 4.78 is 13.8. The lowest BCUT2D eigenvalue weighted by Gasteiger charge is -2.01. The molecule has 3 aromatic heterocycles. The van der Waals surface area contributed by atoms with Crippen molar-refractivity contribution in [3.8, 4) is 0 Å². The summed E-state index contributed by atoms with van der Waals surface area (Å²) >= 11 is 0. The van der Waals surface area contributed by atoms with Gasteiger partial charge in [0.2, 0.25) is 0 Å². The molecule has 0 aliphatic rings. The number of carbonyl (C=O) groups excluding carboxylic acids is 1. The third-order valence-electron chi connectivity index (χ3n) is 2.87. The van der Waals surface area contributed by atoms with Crippen LogP contribution in [0.2, 0.25) is 0 Å². The number of esters is 1. The Labute approximate surface area is 129 Å². The van der Waals surface area contributed by atoms with Crippen LogP contribution in [0.25, 0.3) is 0 Å². The summed E-state index contributed by atoms with van der Waals surface area (Å²) in [6, 6.07) is 11.6. The van der Waals surface area contributed by atoms with Crippen LogP contribution in [0.5, 0.6) is 0 Å². The van der Waals surface area contributed by atoms with Gasteiger partial charge in [-0.15, -0.1) is 0 Å². The molecular formula is C17H20N2O3. The van der Waals surface area contributed by atoms with Gasteiger partial charge in [0, 0.05) is 24.8 Å². The van der Waals surface area contributed by atoms with Gasteiger partial charge >= 0.3 is 5.97 Å². The maximum Gasteiger partial charge on any atom is 0.325 e. The van der Waals surface area contributed by atoms with Gasteiger partial charge in [0.1, 0.15) is 12.3 Å². The lowest BCUT2D eigenvalue weighted by molar-refractivity contribution is -0.143. The highest BCUT2D eigenvalue weighted by molar-refractivity contribution is 5.69. The Morgan fingerprint density at radius 2 is 1.68 bits per heavy atom. The van der Waals surface area contributed by atoms with Gasteiger partial charge in [-0.3, -0.25) is 4.79 Å². The van der Waals surface area contributed by atoms with E-state index in [0.717, 1.165) is 12.3 Å². The van der Waals surface area contributed by atoms with Gasteiger partial charge in [0.15, 0.2) is 0 Å². The van der Waals surface area contributed by atoms with Crippen molar-refractivity contribution in [1.82, 2.24) is 9.13 Å². The number of aromatic nitrogens is 2. The number of ether oxygens (including phenoxy) is 1. The predicted octanol–water partition coefficient (Wildman–Crippen LogP) is 3.18. The van der Waals surface area contributed by atoms with Crippen molar-refractivity contribution in [2.24, 2.45) is 0 Å². The Hall–Kier alpha value is -2.69. The maximum atomic E-state index is 10.9. The van der Waals surface area contributed by atoms with Crippen molar-refractivity contribution < 1.29 is 13.9 Å². The summed E-state index contributed by atoms with van der Waals surface area (Å²) in [5.74, 6) is 0.796. The quantitative estimate of drug-likeness (QED) is 0.680. The summed E-state index contributed by atoms with van der Waals surface area (Å²) in [6.45, 7) is 3.37. The van der Waals surface area contributed by atoms with E-state index in [0.29, 0.717) is 13.2 Å². The Bertz CT molecular complexity index is 593. The van der Waals surface area contributed by atoms with E-state index in [1.54, 1.807) is 17.8 Å². The first kappa shape index (κ1) is 15.7. The van der Waals surface area contributed by atoms with Crippen LogP contribution >= 0.6 is 0 Å². The van der Waals surface area contributed by atoms with Gasteiger partial charge < -0.3 is 18.3 Å². The van der Waals surface area contributed by atoms with Crippen molar-refractivity contribution >= 4 is 5.97 Å². The highest BCUT2D eigenvalue weighted by Gasteiger charge is 2.00. The van der Waals surface area contributed by atoms with Crippen LogP contribution in [-0.2, 0) is 22.6 Å². The Morgan fingerprint density at radius 3 is 2.23 bits per heavy atom. The molecule has 0 amide bonds. The van der Waals surface area contributed by atoms with Crippen molar-refractivity contribution in [2.75, 3.05) is 6.61 Å². The molecule has 0 saturated carbocycles. The monoisotopic (exact) mass is 300 g/mol. The van der Waals surface area contributed by atoms with Crippen LogP contribution < -0.4 is 0 Å². The molecule has 5 heteroatoms. The van der Waals surface area contributed by atoms with Crippen molar-refractivity contribution in [3.63, 3.8) is 0 Å². The lowest BCUT2D eigenvalue weighted by atomic mass is 10.4. The molecule has 0 saturated heterocycles. The normalized spacial score (nSPS) is 9.86. The Balaban J connectivity index is 0.000000160. The molecule has 116 valence electrons. The number of hydrogen-bond acceptors (Lipinski definition) is 3. The van der Waals surface area contributed by atoms with Crippen molar-refractivity contribution in [3.05, 3.63) is 73.2 Å².